The summed E-state index contributed by atoms with van der Waals surface area (Å²) in [5, 5.41) is 1.23. The number of ether oxygens (including phenoxy) is 3. The number of aromatic nitrogens is 4. The zero-order valence-corrected chi connectivity index (χ0v) is 20.1. The maximum Gasteiger partial charge on any atom is 0.321 e. The first-order valence-corrected chi connectivity index (χ1v) is 11.5. The molecule has 1 saturated heterocycles. The van der Waals surface area contributed by atoms with Crippen LogP contribution in [-0.4, -0.2) is 91.6 Å². The van der Waals surface area contributed by atoms with Gasteiger partial charge in [0.2, 0.25) is 5.95 Å². The van der Waals surface area contributed by atoms with Crippen LogP contribution in [0.4, 0.5) is 5.95 Å². The number of hydrogen-bond acceptors (Lipinski definition) is 8. The van der Waals surface area contributed by atoms with Gasteiger partial charge in [0.1, 0.15) is 12.4 Å². The standard InChI is InChI=1S/C24H34N6O3/c1-17-18(2)25-21-6-5-19(15-20(17)21)16-22-26-23(29(3)7-11-31-4)28-24(27-22)33-14-10-30-8-12-32-13-9-30/h5-6,15,25H,7-14,16H2,1-4H3. The summed E-state index contributed by atoms with van der Waals surface area (Å²) in [7, 11) is 3.64. The van der Waals surface area contributed by atoms with E-state index in [1.54, 1.807) is 7.11 Å². The van der Waals surface area contributed by atoms with Gasteiger partial charge in [-0.2, -0.15) is 15.0 Å². The lowest BCUT2D eigenvalue weighted by molar-refractivity contribution is 0.0317. The van der Waals surface area contributed by atoms with E-state index in [1.165, 1.54) is 16.6 Å². The first kappa shape index (κ1) is 23.4. The van der Waals surface area contributed by atoms with E-state index in [-0.39, 0.29) is 0 Å². The molecule has 9 heteroatoms. The van der Waals surface area contributed by atoms with Gasteiger partial charge >= 0.3 is 6.01 Å². The SMILES string of the molecule is COCCN(C)c1nc(Cc2ccc3[nH]c(C)c(C)c3c2)nc(OCCN2CCOCC2)n1. The third kappa shape index (κ3) is 5.98. The number of fused-ring (bicyclic) bond motifs is 1. The molecule has 0 amide bonds. The van der Waals surface area contributed by atoms with Gasteiger partial charge in [0.05, 0.1) is 19.8 Å². The molecular weight excluding hydrogens is 420 g/mol. The summed E-state index contributed by atoms with van der Waals surface area (Å²) in [4.78, 5) is 21.6. The van der Waals surface area contributed by atoms with Crippen molar-refractivity contribution in [2.24, 2.45) is 0 Å². The molecule has 1 aliphatic heterocycles. The molecule has 1 aliphatic rings. The van der Waals surface area contributed by atoms with Crippen molar-refractivity contribution < 1.29 is 14.2 Å². The highest BCUT2D eigenvalue weighted by Gasteiger charge is 2.15. The summed E-state index contributed by atoms with van der Waals surface area (Å²) >= 11 is 0. The molecule has 0 bridgehead atoms. The molecule has 0 saturated carbocycles. The number of benzene rings is 1. The van der Waals surface area contributed by atoms with E-state index in [9.17, 15) is 0 Å². The van der Waals surface area contributed by atoms with Crippen molar-refractivity contribution >= 4 is 16.9 Å². The molecule has 33 heavy (non-hydrogen) atoms. The molecule has 0 spiro atoms. The van der Waals surface area contributed by atoms with Crippen LogP contribution >= 0.6 is 0 Å². The number of morpholine rings is 1. The van der Waals surface area contributed by atoms with Crippen LogP contribution in [0.5, 0.6) is 6.01 Å². The predicted molar refractivity (Wildman–Crippen MR) is 128 cm³/mol. The lowest BCUT2D eigenvalue weighted by Gasteiger charge is -2.26. The number of anilines is 1. The van der Waals surface area contributed by atoms with Crippen molar-refractivity contribution in [1.29, 1.82) is 0 Å². The number of likely N-dealkylation sites (N-methyl/N-ethyl adjacent to an activating group) is 1. The highest BCUT2D eigenvalue weighted by molar-refractivity contribution is 5.85. The van der Waals surface area contributed by atoms with Crippen LogP contribution in [-0.2, 0) is 15.9 Å². The fraction of sp³-hybridized carbons (Fsp3) is 0.542. The Morgan fingerprint density at radius 3 is 2.73 bits per heavy atom. The Bertz CT molecular complexity index is 1060. The Labute approximate surface area is 195 Å². The van der Waals surface area contributed by atoms with Crippen molar-refractivity contribution in [1.82, 2.24) is 24.8 Å². The number of H-pyrrole nitrogens is 1. The molecular formula is C24H34N6O3. The minimum atomic E-state index is 0.363. The van der Waals surface area contributed by atoms with E-state index in [1.807, 2.05) is 11.9 Å². The van der Waals surface area contributed by atoms with E-state index in [2.05, 4.69) is 51.9 Å². The van der Waals surface area contributed by atoms with Crippen molar-refractivity contribution in [3.05, 3.63) is 40.8 Å². The van der Waals surface area contributed by atoms with Crippen molar-refractivity contribution in [2.75, 3.05) is 71.7 Å². The molecule has 4 rings (SSSR count). The Hall–Kier alpha value is -2.75. The van der Waals surface area contributed by atoms with Gasteiger partial charge in [-0.3, -0.25) is 4.90 Å². The van der Waals surface area contributed by atoms with Crippen LogP contribution < -0.4 is 9.64 Å². The summed E-state index contributed by atoms with van der Waals surface area (Å²) in [6.07, 6.45) is 0.604. The Morgan fingerprint density at radius 1 is 1.12 bits per heavy atom. The van der Waals surface area contributed by atoms with E-state index in [4.69, 9.17) is 19.2 Å². The average molecular weight is 455 g/mol. The van der Waals surface area contributed by atoms with Crippen LogP contribution in [0.2, 0.25) is 0 Å². The maximum absolute atomic E-state index is 5.97. The smallest absolute Gasteiger partial charge is 0.321 e. The molecule has 0 radical (unpaired) electrons. The van der Waals surface area contributed by atoms with Crippen molar-refractivity contribution in [2.45, 2.75) is 20.3 Å². The van der Waals surface area contributed by atoms with Gasteiger partial charge in [0.15, 0.2) is 0 Å². The molecule has 0 unspecified atom stereocenters. The van der Waals surface area contributed by atoms with Crippen molar-refractivity contribution in [3.8, 4) is 6.01 Å². The minimum absolute atomic E-state index is 0.363. The summed E-state index contributed by atoms with van der Waals surface area (Å²) < 4.78 is 16.6. The number of hydrogen-bond donors (Lipinski definition) is 1. The van der Waals surface area contributed by atoms with Gasteiger partial charge in [-0.15, -0.1) is 0 Å². The van der Waals surface area contributed by atoms with Gasteiger partial charge in [-0.1, -0.05) is 6.07 Å². The number of rotatable bonds is 10. The third-order valence-electron chi connectivity index (χ3n) is 6.10. The number of nitrogens with zero attached hydrogens (tertiary/aromatic N) is 5. The monoisotopic (exact) mass is 454 g/mol. The van der Waals surface area contributed by atoms with E-state index >= 15 is 0 Å². The molecule has 9 nitrogen and oxygen atoms in total. The second-order valence-corrected chi connectivity index (χ2v) is 8.48. The van der Waals surface area contributed by atoms with Crippen LogP contribution in [0.25, 0.3) is 10.9 Å². The first-order chi connectivity index (χ1) is 16.0. The minimum Gasteiger partial charge on any atom is -0.462 e. The highest BCUT2D eigenvalue weighted by Crippen LogP contribution is 2.23. The van der Waals surface area contributed by atoms with Gasteiger partial charge in [-0.05, 0) is 37.1 Å². The lowest BCUT2D eigenvalue weighted by atomic mass is 10.1. The third-order valence-corrected chi connectivity index (χ3v) is 6.10. The molecule has 3 aromatic rings. The number of aryl methyl sites for hydroxylation is 2. The molecule has 0 atom stereocenters. The number of methoxy groups -OCH3 is 1. The Balaban J connectivity index is 1.52. The number of nitrogens with one attached hydrogen (secondary N) is 1. The largest absolute Gasteiger partial charge is 0.462 e. The van der Waals surface area contributed by atoms with Crippen LogP contribution in [0, 0.1) is 13.8 Å². The molecule has 1 fully saturated rings. The average Bonchev–Trinajstić information content (AvgIpc) is 3.11. The summed E-state index contributed by atoms with van der Waals surface area (Å²) in [5.74, 6) is 1.28. The predicted octanol–water partition coefficient (Wildman–Crippen LogP) is 2.35. The van der Waals surface area contributed by atoms with Gasteiger partial charge in [0.25, 0.3) is 0 Å². The van der Waals surface area contributed by atoms with Crippen molar-refractivity contribution in [3.63, 3.8) is 0 Å². The molecule has 2 aromatic heterocycles. The summed E-state index contributed by atoms with van der Waals surface area (Å²) in [6.45, 7) is 10.3. The molecule has 3 heterocycles. The lowest BCUT2D eigenvalue weighted by Crippen LogP contribution is -2.38. The number of aromatic amines is 1. The second-order valence-electron chi connectivity index (χ2n) is 8.48. The Morgan fingerprint density at radius 2 is 1.94 bits per heavy atom. The molecule has 1 N–H and O–H groups in total. The molecule has 0 aliphatic carbocycles. The van der Waals surface area contributed by atoms with E-state index in [0.29, 0.717) is 44.0 Å². The first-order valence-electron chi connectivity index (χ1n) is 11.5. The fourth-order valence-corrected chi connectivity index (χ4v) is 3.92. The van der Waals surface area contributed by atoms with E-state index < -0.39 is 0 Å². The van der Waals surface area contributed by atoms with Gasteiger partial charge < -0.3 is 24.1 Å². The maximum atomic E-state index is 5.97. The second kappa shape index (κ2) is 10.9. The van der Waals surface area contributed by atoms with Gasteiger partial charge in [-0.25, -0.2) is 0 Å². The van der Waals surface area contributed by atoms with Crippen LogP contribution in [0.15, 0.2) is 18.2 Å². The van der Waals surface area contributed by atoms with Crippen LogP contribution in [0.3, 0.4) is 0 Å². The fourth-order valence-electron chi connectivity index (χ4n) is 3.92. The normalized spacial score (nSPS) is 14.7. The Kier molecular flexibility index (Phi) is 7.74. The summed E-state index contributed by atoms with van der Waals surface area (Å²) in [6, 6.07) is 6.82. The highest BCUT2D eigenvalue weighted by atomic mass is 16.5. The molecule has 1 aromatic carbocycles. The van der Waals surface area contributed by atoms with E-state index in [0.717, 1.165) is 43.9 Å². The molecule has 178 valence electrons. The zero-order chi connectivity index (χ0) is 23.2. The zero-order valence-electron chi connectivity index (χ0n) is 20.1. The van der Waals surface area contributed by atoms with Crippen LogP contribution in [0.1, 0.15) is 22.6 Å². The quantitative estimate of drug-likeness (QED) is 0.500. The summed E-state index contributed by atoms with van der Waals surface area (Å²) in [5.41, 5.74) is 4.77. The topological polar surface area (TPSA) is 88.6 Å². The van der Waals surface area contributed by atoms with Gasteiger partial charge in [0, 0.05) is 63.4 Å².